The third kappa shape index (κ3) is 5.45. The molecule has 2 N–H and O–H groups in total. The summed E-state index contributed by atoms with van der Waals surface area (Å²) in [6.07, 6.45) is 3.48. The van der Waals surface area contributed by atoms with Crippen LogP contribution in [0.4, 0.5) is 10.2 Å². The minimum Gasteiger partial charge on any atom is -0.356 e. The van der Waals surface area contributed by atoms with Crippen LogP contribution in [0.15, 0.2) is 12.3 Å². The second-order valence-electron chi connectivity index (χ2n) is 6.19. The summed E-state index contributed by atoms with van der Waals surface area (Å²) < 4.78 is 13.3. The molecule has 4 heteroatoms. The molecule has 0 saturated carbocycles. The number of nitrogens with two attached hydrogens (primary N) is 1. The maximum Gasteiger partial charge on any atom is 0.141 e. The van der Waals surface area contributed by atoms with Crippen molar-refractivity contribution in [2.24, 2.45) is 17.6 Å². The van der Waals surface area contributed by atoms with Crippen LogP contribution in [0, 0.1) is 17.7 Å². The Morgan fingerprint density at radius 2 is 1.70 bits per heavy atom. The standard InChI is InChI=1S/C16H28FN3/c1-12(2)5-7-20(8-6-13(3)4)16-14(10-18)9-15(17)11-19-16/h9,11-13H,5-8,10,18H2,1-4H3. The lowest BCUT2D eigenvalue weighted by Gasteiger charge is -2.27. The quantitative estimate of drug-likeness (QED) is 0.792. The van der Waals surface area contributed by atoms with Crippen molar-refractivity contribution in [2.45, 2.75) is 47.1 Å². The number of aromatic nitrogens is 1. The van der Waals surface area contributed by atoms with Gasteiger partial charge in [0.1, 0.15) is 11.6 Å². The van der Waals surface area contributed by atoms with Crippen molar-refractivity contribution < 1.29 is 4.39 Å². The third-order valence-corrected chi connectivity index (χ3v) is 3.38. The number of anilines is 1. The van der Waals surface area contributed by atoms with Gasteiger partial charge in [-0.1, -0.05) is 27.7 Å². The lowest BCUT2D eigenvalue weighted by molar-refractivity contribution is 0.531. The second-order valence-corrected chi connectivity index (χ2v) is 6.19. The highest BCUT2D eigenvalue weighted by Crippen LogP contribution is 2.20. The number of pyridine rings is 1. The van der Waals surface area contributed by atoms with Gasteiger partial charge in [0.15, 0.2) is 0 Å². The Hall–Kier alpha value is -1.16. The third-order valence-electron chi connectivity index (χ3n) is 3.38. The minimum absolute atomic E-state index is 0.318. The Kier molecular flexibility index (Phi) is 6.93. The molecule has 114 valence electrons. The van der Waals surface area contributed by atoms with E-state index in [0.29, 0.717) is 18.4 Å². The number of halogens is 1. The van der Waals surface area contributed by atoms with Crippen molar-refractivity contribution in [2.75, 3.05) is 18.0 Å². The molecule has 0 aromatic carbocycles. The monoisotopic (exact) mass is 281 g/mol. The highest BCUT2D eigenvalue weighted by molar-refractivity contribution is 5.46. The molecular weight excluding hydrogens is 253 g/mol. The van der Waals surface area contributed by atoms with Gasteiger partial charge in [-0.25, -0.2) is 9.37 Å². The van der Waals surface area contributed by atoms with Crippen LogP contribution in [-0.4, -0.2) is 18.1 Å². The van der Waals surface area contributed by atoms with Gasteiger partial charge in [-0.3, -0.25) is 0 Å². The van der Waals surface area contributed by atoms with Gasteiger partial charge in [0, 0.05) is 25.2 Å². The first-order valence-corrected chi connectivity index (χ1v) is 7.53. The summed E-state index contributed by atoms with van der Waals surface area (Å²) in [5, 5.41) is 0. The zero-order valence-electron chi connectivity index (χ0n) is 13.2. The summed E-state index contributed by atoms with van der Waals surface area (Å²) in [6, 6.07) is 1.50. The second kappa shape index (κ2) is 8.20. The molecule has 1 rings (SSSR count). The summed E-state index contributed by atoms with van der Waals surface area (Å²) in [5.41, 5.74) is 6.53. The minimum atomic E-state index is -0.318. The van der Waals surface area contributed by atoms with Gasteiger partial charge in [0.05, 0.1) is 6.20 Å². The van der Waals surface area contributed by atoms with Crippen molar-refractivity contribution in [3.63, 3.8) is 0 Å². The predicted octanol–water partition coefficient (Wildman–Crippen LogP) is 3.58. The van der Waals surface area contributed by atoms with Crippen molar-refractivity contribution >= 4 is 5.82 Å². The van der Waals surface area contributed by atoms with Gasteiger partial charge in [0.25, 0.3) is 0 Å². The number of rotatable bonds is 8. The summed E-state index contributed by atoms with van der Waals surface area (Å²) in [5.74, 6) is 1.80. The molecule has 0 aliphatic heterocycles. The van der Waals surface area contributed by atoms with Crippen molar-refractivity contribution in [1.82, 2.24) is 4.98 Å². The average Bonchev–Trinajstić information content (AvgIpc) is 2.38. The Morgan fingerprint density at radius 3 is 2.15 bits per heavy atom. The molecule has 0 atom stereocenters. The molecular formula is C16H28FN3. The van der Waals surface area contributed by atoms with Crippen LogP contribution in [0.2, 0.25) is 0 Å². The Labute approximate surface area is 122 Å². The molecule has 0 amide bonds. The van der Waals surface area contributed by atoms with E-state index in [1.54, 1.807) is 0 Å². The van der Waals surface area contributed by atoms with Crippen LogP contribution in [0.3, 0.4) is 0 Å². The molecule has 0 radical (unpaired) electrons. The molecule has 1 heterocycles. The number of hydrogen-bond donors (Lipinski definition) is 1. The molecule has 1 aromatic heterocycles. The first-order valence-electron chi connectivity index (χ1n) is 7.53. The van der Waals surface area contributed by atoms with Gasteiger partial charge >= 0.3 is 0 Å². The van der Waals surface area contributed by atoms with Crippen LogP contribution >= 0.6 is 0 Å². The number of nitrogens with zero attached hydrogens (tertiary/aromatic N) is 2. The van der Waals surface area contributed by atoms with Gasteiger partial charge in [-0.05, 0) is 30.7 Å². The smallest absolute Gasteiger partial charge is 0.141 e. The predicted molar refractivity (Wildman–Crippen MR) is 83.2 cm³/mol. The normalized spacial score (nSPS) is 11.4. The van der Waals surface area contributed by atoms with Gasteiger partial charge < -0.3 is 10.6 Å². The molecule has 0 aliphatic carbocycles. The highest BCUT2D eigenvalue weighted by atomic mass is 19.1. The van der Waals surface area contributed by atoms with Crippen LogP contribution < -0.4 is 10.6 Å². The number of hydrogen-bond acceptors (Lipinski definition) is 3. The SMILES string of the molecule is CC(C)CCN(CCC(C)C)c1ncc(F)cc1CN. The molecule has 3 nitrogen and oxygen atoms in total. The van der Waals surface area contributed by atoms with Crippen LogP contribution in [0.25, 0.3) is 0 Å². The fourth-order valence-corrected chi connectivity index (χ4v) is 2.06. The maximum absolute atomic E-state index is 13.3. The van der Waals surface area contributed by atoms with E-state index in [0.717, 1.165) is 37.3 Å². The summed E-state index contributed by atoms with van der Waals surface area (Å²) in [6.45, 7) is 11.0. The van der Waals surface area contributed by atoms with Crippen molar-refractivity contribution in [3.05, 3.63) is 23.6 Å². The molecule has 20 heavy (non-hydrogen) atoms. The van der Waals surface area contributed by atoms with E-state index in [1.807, 2.05) is 0 Å². The van der Waals surface area contributed by atoms with Crippen molar-refractivity contribution in [3.8, 4) is 0 Å². The zero-order valence-corrected chi connectivity index (χ0v) is 13.2. The molecule has 1 aromatic rings. The first-order chi connectivity index (χ1) is 9.43. The largest absolute Gasteiger partial charge is 0.356 e. The molecule has 0 spiro atoms. The molecule has 0 aliphatic rings. The zero-order chi connectivity index (χ0) is 15.1. The molecule has 0 unspecified atom stereocenters. The van der Waals surface area contributed by atoms with Gasteiger partial charge in [-0.2, -0.15) is 0 Å². The van der Waals surface area contributed by atoms with Gasteiger partial charge in [0.2, 0.25) is 0 Å². The van der Waals surface area contributed by atoms with Crippen LogP contribution in [0.5, 0.6) is 0 Å². The molecule has 0 fully saturated rings. The van der Waals surface area contributed by atoms with Crippen LogP contribution in [0.1, 0.15) is 46.1 Å². The highest BCUT2D eigenvalue weighted by Gasteiger charge is 2.14. The van der Waals surface area contributed by atoms with E-state index in [4.69, 9.17) is 5.73 Å². The van der Waals surface area contributed by atoms with E-state index in [1.165, 1.54) is 12.3 Å². The molecule has 0 bridgehead atoms. The summed E-state index contributed by atoms with van der Waals surface area (Å²) in [4.78, 5) is 6.53. The lowest BCUT2D eigenvalue weighted by atomic mass is 10.1. The summed E-state index contributed by atoms with van der Waals surface area (Å²) >= 11 is 0. The van der Waals surface area contributed by atoms with E-state index >= 15 is 0 Å². The molecule has 0 saturated heterocycles. The van der Waals surface area contributed by atoms with E-state index in [9.17, 15) is 4.39 Å². The average molecular weight is 281 g/mol. The fraction of sp³-hybridized carbons (Fsp3) is 0.688. The topological polar surface area (TPSA) is 42.2 Å². The first kappa shape index (κ1) is 16.9. The fourth-order valence-electron chi connectivity index (χ4n) is 2.06. The van der Waals surface area contributed by atoms with Gasteiger partial charge in [-0.15, -0.1) is 0 Å². The maximum atomic E-state index is 13.3. The summed E-state index contributed by atoms with van der Waals surface area (Å²) in [7, 11) is 0. The van der Waals surface area contributed by atoms with E-state index in [2.05, 4.69) is 37.6 Å². The Bertz CT molecular complexity index is 393. The Morgan fingerprint density at radius 1 is 1.15 bits per heavy atom. The van der Waals surface area contributed by atoms with Crippen LogP contribution in [-0.2, 0) is 6.54 Å². The van der Waals surface area contributed by atoms with E-state index < -0.39 is 0 Å². The van der Waals surface area contributed by atoms with Crippen molar-refractivity contribution in [1.29, 1.82) is 0 Å². The van der Waals surface area contributed by atoms with E-state index in [-0.39, 0.29) is 5.82 Å². The lowest BCUT2D eigenvalue weighted by Crippen LogP contribution is -2.30. The Balaban J connectivity index is 2.89.